The smallest absolute Gasteiger partial charge is 0.306 e. The number of carbonyl (C=O) groups excluding carboxylic acids is 2. The van der Waals surface area contributed by atoms with Crippen LogP contribution in [0.4, 0.5) is 0 Å². The Morgan fingerprint density at radius 2 is 1.88 bits per heavy atom. The summed E-state index contributed by atoms with van der Waals surface area (Å²) in [6, 6.07) is 4.82. The van der Waals surface area contributed by atoms with E-state index in [1.807, 2.05) is 0 Å². The zero-order valence-electron chi connectivity index (χ0n) is 13.0. The van der Waals surface area contributed by atoms with Crippen molar-refractivity contribution in [1.29, 1.82) is 0 Å². The molecule has 8 nitrogen and oxygen atoms in total. The number of nitrogens with one attached hydrogen (secondary N) is 1. The van der Waals surface area contributed by atoms with Gasteiger partial charge >= 0.3 is 5.97 Å². The first-order chi connectivity index (χ1) is 11.5. The third-order valence-electron chi connectivity index (χ3n) is 4.23. The quantitative estimate of drug-likeness (QED) is 0.829. The van der Waals surface area contributed by atoms with Crippen LogP contribution in [0.15, 0.2) is 18.2 Å². The maximum atomic E-state index is 12.1. The van der Waals surface area contributed by atoms with Gasteiger partial charge < -0.3 is 24.8 Å². The van der Waals surface area contributed by atoms with Gasteiger partial charge in [0.15, 0.2) is 11.5 Å². The van der Waals surface area contributed by atoms with Crippen molar-refractivity contribution in [3.05, 3.63) is 23.8 Å². The standard InChI is InChI=1S/C16H18N2O6/c19-14(18-5-3-10(4-6-18)16(21)22)8-17-15(20)11-1-2-12-13(7-11)24-9-23-12/h1-2,7,10H,3-6,8-9H2,(H,17,20)(H,21,22). The van der Waals surface area contributed by atoms with E-state index in [1.54, 1.807) is 23.1 Å². The van der Waals surface area contributed by atoms with E-state index < -0.39 is 11.9 Å². The lowest BCUT2D eigenvalue weighted by molar-refractivity contribution is -0.145. The fourth-order valence-electron chi connectivity index (χ4n) is 2.78. The molecule has 0 unspecified atom stereocenters. The Bertz CT molecular complexity index is 667. The van der Waals surface area contributed by atoms with Crippen molar-refractivity contribution >= 4 is 17.8 Å². The average molecular weight is 334 g/mol. The monoisotopic (exact) mass is 334 g/mol. The van der Waals surface area contributed by atoms with Crippen molar-refractivity contribution in [3.8, 4) is 11.5 Å². The molecule has 8 heteroatoms. The molecule has 128 valence electrons. The van der Waals surface area contributed by atoms with Crippen LogP contribution < -0.4 is 14.8 Å². The second-order valence-electron chi connectivity index (χ2n) is 5.74. The van der Waals surface area contributed by atoms with Gasteiger partial charge in [-0.25, -0.2) is 0 Å². The largest absolute Gasteiger partial charge is 0.481 e. The SMILES string of the molecule is O=C(NCC(=O)N1CCC(C(=O)O)CC1)c1ccc2c(c1)OCO2. The van der Waals surface area contributed by atoms with E-state index in [2.05, 4.69) is 5.32 Å². The molecule has 2 aliphatic rings. The Kier molecular flexibility index (Phi) is 4.54. The molecule has 0 saturated carbocycles. The van der Waals surface area contributed by atoms with E-state index >= 15 is 0 Å². The van der Waals surface area contributed by atoms with E-state index in [9.17, 15) is 14.4 Å². The number of amides is 2. The first kappa shape index (κ1) is 16.1. The van der Waals surface area contributed by atoms with E-state index in [0.717, 1.165) is 0 Å². The van der Waals surface area contributed by atoms with E-state index in [-0.39, 0.29) is 25.2 Å². The number of likely N-dealkylation sites (tertiary alicyclic amines) is 1. The summed E-state index contributed by atoms with van der Waals surface area (Å²) in [6.07, 6.45) is 0.883. The van der Waals surface area contributed by atoms with Crippen LogP contribution in [-0.4, -0.2) is 54.2 Å². The molecule has 2 amide bonds. The molecule has 24 heavy (non-hydrogen) atoms. The number of rotatable bonds is 4. The first-order valence-electron chi connectivity index (χ1n) is 7.73. The zero-order valence-corrected chi connectivity index (χ0v) is 13.0. The second kappa shape index (κ2) is 6.77. The van der Waals surface area contributed by atoms with Crippen molar-refractivity contribution in [3.63, 3.8) is 0 Å². The molecular formula is C16H18N2O6. The molecule has 0 atom stereocenters. The van der Waals surface area contributed by atoms with Gasteiger partial charge in [0, 0.05) is 18.7 Å². The van der Waals surface area contributed by atoms with Crippen LogP contribution in [0.5, 0.6) is 11.5 Å². The maximum absolute atomic E-state index is 12.1. The molecule has 1 saturated heterocycles. The number of aliphatic carboxylic acids is 1. The highest BCUT2D eigenvalue weighted by Crippen LogP contribution is 2.32. The minimum atomic E-state index is -0.821. The molecule has 1 aromatic carbocycles. The highest BCUT2D eigenvalue weighted by Gasteiger charge is 2.27. The third-order valence-corrected chi connectivity index (χ3v) is 4.23. The molecule has 0 spiro atoms. The number of piperidine rings is 1. The number of hydrogen-bond acceptors (Lipinski definition) is 5. The van der Waals surface area contributed by atoms with Gasteiger partial charge in [0.1, 0.15) is 0 Å². The van der Waals surface area contributed by atoms with Gasteiger partial charge in [-0.3, -0.25) is 14.4 Å². The van der Waals surface area contributed by atoms with Crippen molar-refractivity contribution in [2.45, 2.75) is 12.8 Å². The van der Waals surface area contributed by atoms with Crippen LogP contribution in [-0.2, 0) is 9.59 Å². The van der Waals surface area contributed by atoms with Crippen LogP contribution in [0.3, 0.4) is 0 Å². The van der Waals surface area contributed by atoms with Crippen LogP contribution in [0.1, 0.15) is 23.2 Å². The lowest BCUT2D eigenvalue weighted by Gasteiger charge is -2.30. The summed E-state index contributed by atoms with van der Waals surface area (Å²) < 4.78 is 10.4. The number of nitrogens with zero attached hydrogens (tertiary/aromatic N) is 1. The topological polar surface area (TPSA) is 105 Å². The minimum Gasteiger partial charge on any atom is -0.481 e. The molecule has 2 heterocycles. The fraction of sp³-hybridized carbons (Fsp3) is 0.438. The summed E-state index contributed by atoms with van der Waals surface area (Å²) in [4.78, 5) is 36.7. The van der Waals surface area contributed by atoms with Crippen molar-refractivity contribution in [1.82, 2.24) is 10.2 Å². The first-order valence-corrected chi connectivity index (χ1v) is 7.73. The number of fused-ring (bicyclic) bond motifs is 1. The molecule has 3 rings (SSSR count). The number of ether oxygens (including phenoxy) is 2. The molecule has 1 aromatic rings. The molecule has 2 aliphatic heterocycles. The molecule has 0 radical (unpaired) electrons. The summed E-state index contributed by atoms with van der Waals surface area (Å²) in [5.74, 6) is -0.709. The van der Waals surface area contributed by atoms with Gasteiger partial charge in [-0.15, -0.1) is 0 Å². The Balaban J connectivity index is 1.49. The predicted molar refractivity (Wildman–Crippen MR) is 81.8 cm³/mol. The van der Waals surface area contributed by atoms with E-state index in [1.165, 1.54) is 0 Å². The summed E-state index contributed by atoms with van der Waals surface area (Å²) in [5, 5.41) is 11.5. The average Bonchev–Trinajstić information content (AvgIpc) is 3.07. The number of carboxylic acids is 1. The predicted octanol–water partition coefficient (Wildman–Crippen LogP) is 0.468. The van der Waals surface area contributed by atoms with Crippen LogP contribution in [0.25, 0.3) is 0 Å². The molecule has 0 bridgehead atoms. The Morgan fingerprint density at radius 1 is 1.17 bits per heavy atom. The van der Waals surface area contributed by atoms with Crippen LogP contribution in [0.2, 0.25) is 0 Å². The normalized spacial score (nSPS) is 16.8. The van der Waals surface area contributed by atoms with Gasteiger partial charge in [0.2, 0.25) is 12.7 Å². The fourth-order valence-corrected chi connectivity index (χ4v) is 2.78. The molecular weight excluding hydrogens is 316 g/mol. The highest BCUT2D eigenvalue weighted by molar-refractivity contribution is 5.97. The van der Waals surface area contributed by atoms with Gasteiger partial charge in [-0.05, 0) is 31.0 Å². The molecule has 0 aromatic heterocycles. The van der Waals surface area contributed by atoms with Gasteiger partial charge in [-0.2, -0.15) is 0 Å². The zero-order chi connectivity index (χ0) is 17.1. The number of benzene rings is 1. The minimum absolute atomic E-state index is 0.120. The summed E-state index contributed by atoms with van der Waals surface area (Å²) >= 11 is 0. The van der Waals surface area contributed by atoms with Crippen LogP contribution >= 0.6 is 0 Å². The summed E-state index contributed by atoms with van der Waals surface area (Å²) in [7, 11) is 0. The number of carbonyl (C=O) groups is 3. The number of hydrogen-bond donors (Lipinski definition) is 2. The van der Waals surface area contributed by atoms with Crippen LogP contribution in [0, 0.1) is 5.92 Å². The lowest BCUT2D eigenvalue weighted by atomic mass is 9.97. The van der Waals surface area contributed by atoms with Gasteiger partial charge in [-0.1, -0.05) is 0 Å². The van der Waals surface area contributed by atoms with Crippen molar-refractivity contribution < 1.29 is 29.0 Å². The van der Waals surface area contributed by atoms with E-state index in [4.69, 9.17) is 14.6 Å². The maximum Gasteiger partial charge on any atom is 0.306 e. The van der Waals surface area contributed by atoms with Crippen molar-refractivity contribution in [2.75, 3.05) is 26.4 Å². The highest BCUT2D eigenvalue weighted by atomic mass is 16.7. The molecule has 2 N–H and O–H groups in total. The number of carboxylic acid groups (broad SMARTS) is 1. The lowest BCUT2D eigenvalue weighted by Crippen LogP contribution is -2.45. The van der Waals surface area contributed by atoms with E-state index in [0.29, 0.717) is 43.0 Å². The van der Waals surface area contributed by atoms with Gasteiger partial charge in [0.25, 0.3) is 5.91 Å². The Labute approximate surface area is 138 Å². The molecule has 0 aliphatic carbocycles. The molecule has 1 fully saturated rings. The Hall–Kier alpha value is -2.77. The van der Waals surface area contributed by atoms with Crippen molar-refractivity contribution in [2.24, 2.45) is 5.92 Å². The Morgan fingerprint density at radius 3 is 2.58 bits per heavy atom. The third kappa shape index (κ3) is 3.42. The summed E-state index contributed by atoms with van der Waals surface area (Å²) in [6.45, 7) is 0.807. The second-order valence-corrected chi connectivity index (χ2v) is 5.74. The summed E-state index contributed by atoms with van der Waals surface area (Å²) in [5.41, 5.74) is 0.386. The van der Waals surface area contributed by atoms with Gasteiger partial charge in [0.05, 0.1) is 12.5 Å².